The zero-order valence-corrected chi connectivity index (χ0v) is 12.1. The molecular weight excluding hydrogens is 328 g/mol. The van der Waals surface area contributed by atoms with E-state index in [0.717, 1.165) is 0 Å². The van der Waals surface area contributed by atoms with Gasteiger partial charge in [0.15, 0.2) is 0 Å². The molecule has 0 heterocycles. The molecule has 1 amide bonds. The van der Waals surface area contributed by atoms with E-state index in [1.54, 1.807) is 18.2 Å². The fraction of sp³-hybridized carbons (Fsp3) is 0.133. The minimum Gasteiger partial charge on any atom is -0.352 e. The number of nitrogens with one attached hydrogen (secondary N) is 1. The van der Waals surface area contributed by atoms with Crippen LogP contribution in [0.4, 0.5) is 8.78 Å². The van der Waals surface area contributed by atoms with Crippen LogP contribution < -0.4 is 5.32 Å². The second kappa shape index (κ2) is 6.61. The highest BCUT2D eigenvalue weighted by Crippen LogP contribution is 2.15. The van der Waals surface area contributed by atoms with Crippen molar-refractivity contribution in [1.82, 2.24) is 5.32 Å². The zero-order valence-electron chi connectivity index (χ0n) is 10.5. The topological polar surface area (TPSA) is 29.1 Å². The number of halogens is 3. The summed E-state index contributed by atoms with van der Waals surface area (Å²) in [5.74, 6) is -1.41. The van der Waals surface area contributed by atoms with Crippen LogP contribution in [0, 0.1) is 11.6 Å². The molecule has 0 aromatic heterocycles. The van der Waals surface area contributed by atoms with Crippen LogP contribution in [0.5, 0.6) is 0 Å². The van der Waals surface area contributed by atoms with E-state index in [4.69, 9.17) is 0 Å². The first kappa shape index (κ1) is 14.7. The van der Waals surface area contributed by atoms with Crippen LogP contribution in [-0.2, 0) is 6.42 Å². The third kappa shape index (κ3) is 3.63. The molecule has 2 nitrogen and oxygen atoms in total. The average Bonchev–Trinajstić information content (AvgIpc) is 2.43. The van der Waals surface area contributed by atoms with Gasteiger partial charge in [-0.25, -0.2) is 8.78 Å². The first-order chi connectivity index (χ1) is 9.58. The van der Waals surface area contributed by atoms with Crippen LogP contribution in [0.2, 0.25) is 0 Å². The number of carbonyl (C=O) groups is 1. The van der Waals surface area contributed by atoms with E-state index in [2.05, 4.69) is 21.2 Å². The van der Waals surface area contributed by atoms with Gasteiger partial charge < -0.3 is 5.32 Å². The fourth-order valence-corrected chi connectivity index (χ4v) is 2.14. The Bertz CT molecular complexity index is 631. The first-order valence-corrected chi connectivity index (χ1v) is 6.84. The molecule has 0 aliphatic heterocycles. The van der Waals surface area contributed by atoms with Crippen molar-refractivity contribution in [3.8, 4) is 0 Å². The Morgan fingerprint density at radius 3 is 2.60 bits per heavy atom. The first-order valence-electron chi connectivity index (χ1n) is 6.04. The summed E-state index contributed by atoms with van der Waals surface area (Å²) in [4.78, 5) is 11.8. The largest absolute Gasteiger partial charge is 0.352 e. The number of amides is 1. The van der Waals surface area contributed by atoms with E-state index in [9.17, 15) is 13.6 Å². The molecule has 20 heavy (non-hydrogen) atoms. The lowest BCUT2D eigenvalue weighted by molar-refractivity contribution is 0.0950. The molecule has 1 N–H and O–H groups in total. The Morgan fingerprint density at radius 2 is 1.85 bits per heavy atom. The van der Waals surface area contributed by atoms with E-state index >= 15 is 0 Å². The Morgan fingerprint density at radius 1 is 1.10 bits per heavy atom. The van der Waals surface area contributed by atoms with Crippen molar-refractivity contribution in [2.75, 3.05) is 6.54 Å². The van der Waals surface area contributed by atoms with Crippen molar-refractivity contribution < 1.29 is 13.6 Å². The van der Waals surface area contributed by atoms with Gasteiger partial charge in [-0.3, -0.25) is 4.79 Å². The maximum absolute atomic E-state index is 13.5. The van der Waals surface area contributed by atoms with E-state index in [1.807, 2.05) is 0 Å². The van der Waals surface area contributed by atoms with Crippen LogP contribution in [0.15, 0.2) is 46.9 Å². The molecule has 2 aromatic carbocycles. The van der Waals surface area contributed by atoms with Crippen LogP contribution in [0.3, 0.4) is 0 Å². The minimum absolute atomic E-state index is 0.0343. The summed E-state index contributed by atoms with van der Waals surface area (Å²) in [7, 11) is 0. The van der Waals surface area contributed by atoms with Gasteiger partial charge in [-0.1, -0.05) is 34.1 Å². The lowest BCUT2D eigenvalue weighted by atomic mass is 10.1. The molecule has 0 bridgehead atoms. The predicted molar refractivity (Wildman–Crippen MR) is 76.5 cm³/mol. The predicted octanol–water partition coefficient (Wildman–Crippen LogP) is 3.70. The second-order valence-corrected chi connectivity index (χ2v) is 5.14. The summed E-state index contributed by atoms with van der Waals surface area (Å²) < 4.78 is 27.5. The highest BCUT2D eigenvalue weighted by atomic mass is 79.9. The van der Waals surface area contributed by atoms with Gasteiger partial charge in [0.1, 0.15) is 11.6 Å². The third-order valence-electron chi connectivity index (χ3n) is 2.81. The maximum Gasteiger partial charge on any atom is 0.254 e. The highest BCUT2D eigenvalue weighted by molar-refractivity contribution is 9.10. The smallest absolute Gasteiger partial charge is 0.254 e. The quantitative estimate of drug-likeness (QED) is 0.904. The van der Waals surface area contributed by atoms with E-state index in [0.29, 0.717) is 16.5 Å². The van der Waals surface area contributed by atoms with Crippen molar-refractivity contribution in [2.45, 2.75) is 6.42 Å². The van der Waals surface area contributed by atoms with Gasteiger partial charge in [-0.2, -0.15) is 0 Å². The van der Waals surface area contributed by atoms with Gasteiger partial charge in [0.05, 0.1) is 5.56 Å². The standard InChI is InChI=1S/C15H12BrF2NO/c16-11-5-6-14(18)12(9-11)15(20)19-8-7-10-3-1-2-4-13(10)17/h1-6,9H,7-8H2,(H,19,20). The molecule has 0 atom stereocenters. The van der Waals surface area contributed by atoms with Gasteiger partial charge in [0.25, 0.3) is 5.91 Å². The minimum atomic E-state index is -0.586. The molecule has 0 radical (unpaired) electrons. The number of benzene rings is 2. The van der Waals surface area contributed by atoms with Crippen LogP contribution in [0.25, 0.3) is 0 Å². The van der Waals surface area contributed by atoms with Gasteiger partial charge in [-0.15, -0.1) is 0 Å². The molecule has 0 saturated heterocycles. The Hall–Kier alpha value is -1.75. The van der Waals surface area contributed by atoms with Gasteiger partial charge in [-0.05, 0) is 36.2 Å². The maximum atomic E-state index is 13.5. The van der Waals surface area contributed by atoms with Crippen LogP contribution >= 0.6 is 15.9 Å². The molecule has 0 aliphatic rings. The van der Waals surface area contributed by atoms with Crippen molar-refractivity contribution in [2.24, 2.45) is 0 Å². The molecule has 2 aromatic rings. The molecule has 0 fully saturated rings. The Labute approximate surface area is 123 Å². The SMILES string of the molecule is O=C(NCCc1ccccc1F)c1cc(Br)ccc1F. The third-order valence-corrected chi connectivity index (χ3v) is 3.30. The summed E-state index contributed by atoms with van der Waals surface area (Å²) in [6.45, 7) is 0.242. The van der Waals surface area contributed by atoms with Crippen molar-refractivity contribution in [3.05, 3.63) is 69.7 Å². The molecular formula is C15H12BrF2NO. The highest BCUT2D eigenvalue weighted by Gasteiger charge is 2.11. The molecule has 0 unspecified atom stereocenters. The molecule has 5 heteroatoms. The molecule has 0 spiro atoms. The number of carbonyl (C=O) groups excluding carboxylic acids is 1. The van der Waals surface area contributed by atoms with Crippen molar-refractivity contribution >= 4 is 21.8 Å². The monoisotopic (exact) mass is 339 g/mol. The molecule has 0 saturated carbocycles. The van der Waals surface area contributed by atoms with E-state index < -0.39 is 11.7 Å². The normalized spacial score (nSPS) is 10.3. The number of hydrogen-bond donors (Lipinski definition) is 1. The van der Waals surface area contributed by atoms with Crippen LogP contribution in [0.1, 0.15) is 15.9 Å². The molecule has 2 rings (SSSR count). The zero-order chi connectivity index (χ0) is 14.5. The summed E-state index contributed by atoms with van der Waals surface area (Å²) in [6.07, 6.45) is 0.355. The lowest BCUT2D eigenvalue weighted by Crippen LogP contribution is -2.26. The fourth-order valence-electron chi connectivity index (χ4n) is 1.78. The van der Waals surface area contributed by atoms with Crippen molar-refractivity contribution in [3.63, 3.8) is 0 Å². The summed E-state index contributed by atoms with van der Waals surface area (Å²) >= 11 is 3.18. The lowest BCUT2D eigenvalue weighted by Gasteiger charge is -2.07. The number of hydrogen-bond acceptors (Lipinski definition) is 1. The van der Waals surface area contributed by atoms with E-state index in [-0.39, 0.29) is 17.9 Å². The van der Waals surface area contributed by atoms with Gasteiger partial charge in [0.2, 0.25) is 0 Å². The van der Waals surface area contributed by atoms with Crippen molar-refractivity contribution in [1.29, 1.82) is 0 Å². The Balaban J connectivity index is 1.96. The van der Waals surface area contributed by atoms with Gasteiger partial charge >= 0.3 is 0 Å². The summed E-state index contributed by atoms with van der Waals surface area (Å²) in [6, 6.07) is 10.5. The van der Waals surface area contributed by atoms with Gasteiger partial charge in [0, 0.05) is 11.0 Å². The summed E-state index contributed by atoms with van der Waals surface area (Å²) in [5.41, 5.74) is 0.482. The second-order valence-electron chi connectivity index (χ2n) is 4.22. The summed E-state index contributed by atoms with van der Waals surface area (Å²) in [5, 5.41) is 2.58. The molecule has 0 aliphatic carbocycles. The average molecular weight is 340 g/mol. The molecule has 104 valence electrons. The number of rotatable bonds is 4. The van der Waals surface area contributed by atoms with E-state index in [1.165, 1.54) is 24.3 Å². The Kier molecular flexibility index (Phi) is 4.84. The van der Waals surface area contributed by atoms with Crippen LogP contribution in [-0.4, -0.2) is 12.5 Å².